The Morgan fingerprint density at radius 2 is 0.984 bits per heavy atom. The molecule has 0 bridgehead atoms. The highest BCUT2D eigenvalue weighted by Crippen LogP contribution is 2.33. The van der Waals surface area contributed by atoms with Crippen molar-refractivity contribution in [1.82, 2.24) is 5.32 Å². The summed E-state index contributed by atoms with van der Waals surface area (Å²) in [7, 11) is 0. The number of hydrogen-bond acceptors (Lipinski definition) is 18. The third-order valence-corrected chi connectivity index (χ3v) is 12.3. The first kappa shape index (κ1) is 56.9. The predicted molar refractivity (Wildman–Crippen MR) is 231 cm³/mol. The Bertz CT molecular complexity index is 1250. The molecule has 12 N–H and O–H groups in total. The zero-order chi connectivity index (χ0) is 47.0. The number of carbonyl (C=O) groups is 1. The third kappa shape index (κ3) is 18.2. The van der Waals surface area contributed by atoms with Gasteiger partial charge in [0.05, 0.1) is 38.6 Å². The fraction of sp³-hybridized carbons (Fsp3) is 0.933. The normalized spacial score (nSPS) is 34.5. The average Bonchev–Trinajstić information content (AvgIpc) is 3.29. The largest absolute Gasteiger partial charge is 0.394 e. The number of ether oxygens (including phenoxy) is 6. The van der Waals surface area contributed by atoms with Crippen LogP contribution < -0.4 is 5.32 Å². The maximum atomic E-state index is 13.0. The zero-order valence-corrected chi connectivity index (χ0v) is 38.0. The molecule has 3 saturated heterocycles. The Morgan fingerprint density at radius 1 is 0.547 bits per heavy atom. The van der Waals surface area contributed by atoms with Crippen LogP contribution in [0.2, 0.25) is 0 Å². The van der Waals surface area contributed by atoms with Crippen LogP contribution >= 0.6 is 0 Å². The summed E-state index contributed by atoms with van der Waals surface area (Å²) in [6.07, 6.45) is -2.67. The lowest BCUT2D eigenvalue weighted by atomic mass is 9.96. The first-order valence-electron chi connectivity index (χ1n) is 23.9. The van der Waals surface area contributed by atoms with Gasteiger partial charge in [0.25, 0.3) is 0 Å². The lowest BCUT2D eigenvalue weighted by Gasteiger charge is -2.48. The van der Waals surface area contributed by atoms with Crippen LogP contribution in [0.25, 0.3) is 0 Å². The molecule has 0 radical (unpaired) electrons. The number of rotatable bonds is 32. The molecule has 0 aliphatic carbocycles. The Hall–Kier alpha value is -1.47. The molecule has 1 amide bonds. The van der Waals surface area contributed by atoms with Gasteiger partial charge in [0.1, 0.15) is 73.2 Å². The zero-order valence-electron chi connectivity index (χ0n) is 38.0. The van der Waals surface area contributed by atoms with E-state index >= 15 is 0 Å². The molecule has 0 aromatic rings. The first-order valence-corrected chi connectivity index (χ1v) is 23.9. The van der Waals surface area contributed by atoms with Crippen molar-refractivity contribution < 1.29 is 89.4 Å². The summed E-state index contributed by atoms with van der Waals surface area (Å²) < 4.78 is 33.9. The number of unbranched alkanes of at least 4 members (excludes halogenated alkanes) is 14. The first-order chi connectivity index (χ1) is 30.8. The van der Waals surface area contributed by atoms with E-state index in [9.17, 15) is 61.0 Å². The number of amides is 1. The van der Waals surface area contributed by atoms with Crippen molar-refractivity contribution in [1.29, 1.82) is 0 Å². The molecule has 0 spiro atoms. The van der Waals surface area contributed by atoms with E-state index in [0.29, 0.717) is 19.3 Å². The smallest absolute Gasteiger partial charge is 0.220 e. The predicted octanol–water partition coefficient (Wildman–Crippen LogP) is 0.305. The van der Waals surface area contributed by atoms with Gasteiger partial charge in [-0.3, -0.25) is 4.79 Å². The average molecular weight is 926 g/mol. The summed E-state index contributed by atoms with van der Waals surface area (Å²) >= 11 is 0. The van der Waals surface area contributed by atoms with Crippen LogP contribution in [0, 0.1) is 0 Å². The van der Waals surface area contributed by atoms with Gasteiger partial charge in [0, 0.05) is 6.42 Å². The standard InChI is InChI=1S/C45H83NO18/c1-3-5-7-8-9-10-11-12-13-14-15-16-17-18-19-21-23-33(51)46-28(29(50)22-20-6-4-2)27-59-43-39(57)36(54)41(31(25-48)61-43)64-45-40(58)37(55)42(32(26-49)62-45)63-44-38(56)35(53)34(52)30(24-47)60-44/h13-14,28-32,34-45,47-50,52-58H,3-12,15-27H2,1-2H3,(H,46,51)/b14-13-. The highest BCUT2D eigenvalue weighted by atomic mass is 16.8. The van der Waals surface area contributed by atoms with Crippen molar-refractivity contribution >= 4 is 5.91 Å². The molecule has 17 unspecified atom stereocenters. The number of hydrogen-bond donors (Lipinski definition) is 12. The molecule has 19 heteroatoms. The molecule has 0 aromatic carbocycles. The fourth-order valence-electron chi connectivity index (χ4n) is 8.25. The van der Waals surface area contributed by atoms with E-state index in [1.807, 2.05) is 6.92 Å². The van der Waals surface area contributed by atoms with Crippen molar-refractivity contribution in [3.05, 3.63) is 12.2 Å². The van der Waals surface area contributed by atoms with Gasteiger partial charge in [-0.15, -0.1) is 0 Å². The van der Waals surface area contributed by atoms with Gasteiger partial charge in [-0.25, -0.2) is 0 Å². The summed E-state index contributed by atoms with van der Waals surface area (Å²) in [5.74, 6) is -0.265. The van der Waals surface area contributed by atoms with E-state index in [0.717, 1.165) is 51.4 Å². The number of aliphatic hydroxyl groups excluding tert-OH is 11. The van der Waals surface area contributed by atoms with Gasteiger partial charge in [-0.2, -0.15) is 0 Å². The van der Waals surface area contributed by atoms with Crippen LogP contribution in [-0.4, -0.2) is 193 Å². The highest BCUT2D eigenvalue weighted by Gasteiger charge is 2.53. The van der Waals surface area contributed by atoms with Crippen molar-refractivity contribution in [3.63, 3.8) is 0 Å². The van der Waals surface area contributed by atoms with Gasteiger partial charge in [0.2, 0.25) is 5.91 Å². The molecule has 3 aliphatic rings. The molecule has 3 fully saturated rings. The molecule has 0 saturated carbocycles. The van der Waals surface area contributed by atoms with Crippen LogP contribution in [0.3, 0.4) is 0 Å². The summed E-state index contributed by atoms with van der Waals surface area (Å²) in [4.78, 5) is 13.0. The fourth-order valence-corrected chi connectivity index (χ4v) is 8.25. The van der Waals surface area contributed by atoms with E-state index in [1.54, 1.807) is 0 Å². The molecule has 64 heavy (non-hydrogen) atoms. The maximum Gasteiger partial charge on any atom is 0.220 e. The topological polar surface area (TPSA) is 307 Å². The molecular weight excluding hydrogens is 842 g/mol. The van der Waals surface area contributed by atoms with Crippen LogP contribution in [0.15, 0.2) is 12.2 Å². The minimum absolute atomic E-state index is 0.255. The number of allylic oxidation sites excluding steroid dienone is 2. The van der Waals surface area contributed by atoms with Gasteiger partial charge in [0.15, 0.2) is 18.9 Å². The Morgan fingerprint density at radius 3 is 1.52 bits per heavy atom. The van der Waals surface area contributed by atoms with E-state index in [4.69, 9.17) is 28.4 Å². The molecule has 3 rings (SSSR count). The second-order valence-electron chi connectivity index (χ2n) is 17.6. The van der Waals surface area contributed by atoms with Crippen LogP contribution in [0.1, 0.15) is 136 Å². The Labute approximate surface area is 378 Å². The van der Waals surface area contributed by atoms with Crippen LogP contribution in [-0.2, 0) is 33.2 Å². The number of nitrogens with one attached hydrogen (secondary N) is 1. The summed E-state index contributed by atoms with van der Waals surface area (Å²) in [6, 6.07) is -0.882. The summed E-state index contributed by atoms with van der Waals surface area (Å²) in [5, 5.41) is 119. The lowest BCUT2D eigenvalue weighted by Crippen LogP contribution is -2.66. The number of aliphatic hydroxyl groups is 11. The van der Waals surface area contributed by atoms with Crippen LogP contribution in [0.5, 0.6) is 0 Å². The highest BCUT2D eigenvalue weighted by molar-refractivity contribution is 5.76. The SMILES string of the molecule is CCCCCCCCC/C=C\CCCCCCCC(=O)NC(COC1OC(CO)C(OC2OC(CO)C(OC3OC(CO)C(O)C(O)C3O)C(O)C2O)C(O)C1O)C(O)CCCCC. The van der Waals surface area contributed by atoms with Gasteiger partial charge in [-0.05, 0) is 38.5 Å². The monoisotopic (exact) mass is 926 g/mol. The number of carbonyl (C=O) groups excluding carboxylic acids is 1. The minimum Gasteiger partial charge on any atom is -0.394 e. The molecule has 376 valence electrons. The summed E-state index contributed by atoms with van der Waals surface area (Å²) in [5.41, 5.74) is 0. The molecule has 19 nitrogen and oxygen atoms in total. The van der Waals surface area contributed by atoms with E-state index in [2.05, 4.69) is 24.4 Å². The molecule has 0 aromatic heterocycles. The van der Waals surface area contributed by atoms with Crippen LogP contribution in [0.4, 0.5) is 0 Å². The summed E-state index contributed by atoms with van der Waals surface area (Å²) in [6.45, 7) is 1.55. The van der Waals surface area contributed by atoms with Gasteiger partial charge < -0.3 is 89.9 Å². The lowest BCUT2D eigenvalue weighted by molar-refractivity contribution is -0.379. The third-order valence-electron chi connectivity index (χ3n) is 12.3. The van der Waals surface area contributed by atoms with E-state index < -0.39 is 124 Å². The molecule has 17 atom stereocenters. The Balaban J connectivity index is 1.48. The van der Waals surface area contributed by atoms with Crippen molar-refractivity contribution in [2.45, 2.75) is 240 Å². The molecular formula is C45H83NO18. The van der Waals surface area contributed by atoms with E-state index in [-0.39, 0.29) is 18.9 Å². The minimum atomic E-state index is -1.97. The second kappa shape index (κ2) is 31.6. The molecule has 3 aliphatic heterocycles. The van der Waals surface area contributed by atoms with Crippen molar-refractivity contribution in [3.8, 4) is 0 Å². The van der Waals surface area contributed by atoms with Crippen molar-refractivity contribution in [2.75, 3.05) is 26.4 Å². The van der Waals surface area contributed by atoms with Crippen molar-refractivity contribution in [2.24, 2.45) is 0 Å². The molecule has 3 heterocycles. The quantitative estimate of drug-likeness (QED) is 0.0319. The second-order valence-corrected chi connectivity index (χ2v) is 17.6. The Kier molecular flexibility index (Phi) is 28.0. The maximum absolute atomic E-state index is 13.0. The van der Waals surface area contributed by atoms with Gasteiger partial charge >= 0.3 is 0 Å². The van der Waals surface area contributed by atoms with E-state index in [1.165, 1.54) is 44.9 Å². The van der Waals surface area contributed by atoms with Gasteiger partial charge in [-0.1, -0.05) is 103 Å².